The molecule has 1 aromatic rings. The Balaban J connectivity index is 2.72. The van der Waals surface area contributed by atoms with E-state index < -0.39 is 0 Å². The van der Waals surface area contributed by atoms with E-state index in [0.29, 0.717) is 11.5 Å². The maximum absolute atomic E-state index is 12.5. The molecule has 0 aliphatic rings. The van der Waals surface area contributed by atoms with Crippen molar-refractivity contribution in [1.82, 2.24) is 14.9 Å². The number of unbranched alkanes of at least 4 members (excludes halogenated alkanes) is 2. The fraction of sp³-hybridized carbons (Fsp3) is 0.667. The summed E-state index contributed by atoms with van der Waals surface area (Å²) in [6, 6.07) is 0.176. The molecule has 0 bridgehead atoms. The Kier molecular flexibility index (Phi) is 6.98. The predicted molar refractivity (Wildman–Crippen MR) is 81.9 cm³/mol. The highest BCUT2D eigenvalue weighted by Gasteiger charge is 2.19. The van der Waals surface area contributed by atoms with Gasteiger partial charge in [-0.05, 0) is 27.2 Å². The van der Waals surface area contributed by atoms with Gasteiger partial charge < -0.3 is 10.2 Å². The molecule has 0 atom stereocenters. The molecule has 20 heavy (non-hydrogen) atoms. The summed E-state index contributed by atoms with van der Waals surface area (Å²) in [5, 5.41) is 3.07. The van der Waals surface area contributed by atoms with Crippen LogP contribution in [0.5, 0.6) is 0 Å². The quantitative estimate of drug-likeness (QED) is 0.743. The zero-order chi connectivity index (χ0) is 15.0. The van der Waals surface area contributed by atoms with E-state index in [1.54, 1.807) is 12.4 Å². The fourth-order valence-electron chi connectivity index (χ4n) is 1.98. The van der Waals surface area contributed by atoms with Crippen LogP contribution in [0.15, 0.2) is 12.4 Å². The molecule has 0 saturated heterocycles. The van der Waals surface area contributed by atoms with Crippen molar-refractivity contribution >= 4 is 11.7 Å². The molecule has 0 fully saturated rings. The number of nitrogens with one attached hydrogen (secondary N) is 1. The van der Waals surface area contributed by atoms with E-state index in [2.05, 4.69) is 22.2 Å². The Morgan fingerprint density at radius 1 is 1.25 bits per heavy atom. The van der Waals surface area contributed by atoms with Crippen LogP contribution in [-0.2, 0) is 0 Å². The molecular formula is C15H26N4O. The minimum Gasteiger partial charge on any atom is -0.369 e. The molecular weight excluding hydrogens is 252 g/mol. The molecule has 5 nitrogen and oxygen atoms in total. The van der Waals surface area contributed by atoms with Crippen LogP contribution in [0.2, 0.25) is 0 Å². The number of amides is 1. The highest BCUT2D eigenvalue weighted by molar-refractivity contribution is 5.92. The van der Waals surface area contributed by atoms with Crippen LogP contribution in [0.25, 0.3) is 0 Å². The first-order chi connectivity index (χ1) is 9.60. The van der Waals surface area contributed by atoms with Crippen molar-refractivity contribution in [3.05, 3.63) is 18.1 Å². The van der Waals surface area contributed by atoms with Gasteiger partial charge in [-0.15, -0.1) is 0 Å². The number of aromatic nitrogens is 2. The Hall–Kier alpha value is -1.65. The third-order valence-electron chi connectivity index (χ3n) is 3.12. The highest BCUT2D eigenvalue weighted by atomic mass is 16.2. The van der Waals surface area contributed by atoms with Crippen molar-refractivity contribution in [2.24, 2.45) is 0 Å². The molecule has 5 heteroatoms. The van der Waals surface area contributed by atoms with E-state index >= 15 is 0 Å². The third kappa shape index (κ3) is 4.79. The summed E-state index contributed by atoms with van der Waals surface area (Å²) in [4.78, 5) is 22.7. The number of nitrogens with zero attached hydrogens (tertiary/aromatic N) is 3. The SMILES string of the molecule is CCCCCN(C(=O)c1cnc(NCC)cn1)C(C)C. The van der Waals surface area contributed by atoms with Crippen molar-refractivity contribution in [2.45, 2.75) is 53.0 Å². The molecule has 0 aliphatic carbocycles. The second-order valence-corrected chi connectivity index (χ2v) is 5.12. The summed E-state index contributed by atoms with van der Waals surface area (Å²) in [6.45, 7) is 9.79. The van der Waals surface area contributed by atoms with Crippen LogP contribution >= 0.6 is 0 Å². The first-order valence-corrected chi connectivity index (χ1v) is 7.47. The van der Waals surface area contributed by atoms with Gasteiger partial charge in [-0.2, -0.15) is 0 Å². The van der Waals surface area contributed by atoms with Crippen LogP contribution in [0.1, 0.15) is 57.4 Å². The standard InChI is InChI=1S/C15H26N4O/c1-5-7-8-9-19(12(3)4)15(20)13-10-18-14(11-17-13)16-6-2/h10-12H,5-9H2,1-4H3,(H,16,18). The smallest absolute Gasteiger partial charge is 0.274 e. The number of hydrogen-bond donors (Lipinski definition) is 1. The molecule has 0 aromatic carbocycles. The molecule has 112 valence electrons. The molecule has 0 spiro atoms. The highest BCUT2D eigenvalue weighted by Crippen LogP contribution is 2.09. The van der Waals surface area contributed by atoms with Gasteiger partial charge in [-0.1, -0.05) is 19.8 Å². The zero-order valence-corrected chi connectivity index (χ0v) is 13.0. The van der Waals surface area contributed by atoms with E-state index in [0.717, 1.165) is 32.4 Å². The lowest BCUT2D eigenvalue weighted by molar-refractivity contribution is 0.0696. The normalized spacial score (nSPS) is 10.7. The fourth-order valence-corrected chi connectivity index (χ4v) is 1.98. The topological polar surface area (TPSA) is 58.1 Å². The van der Waals surface area contributed by atoms with Gasteiger partial charge >= 0.3 is 0 Å². The maximum atomic E-state index is 12.5. The van der Waals surface area contributed by atoms with E-state index in [-0.39, 0.29) is 11.9 Å². The average Bonchev–Trinajstić information content (AvgIpc) is 2.44. The Bertz CT molecular complexity index is 403. The Labute approximate surface area is 121 Å². The van der Waals surface area contributed by atoms with Gasteiger partial charge in [0.1, 0.15) is 11.5 Å². The van der Waals surface area contributed by atoms with Crippen LogP contribution in [-0.4, -0.2) is 39.9 Å². The van der Waals surface area contributed by atoms with E-state index in [1.165, 1.54) is 0 Å². The summed E-state index contributed by atoms with van der Waals surface area (Å²) in [6.07, 6.45) is 6.49. The second-order valence-electron chi connectivity index (χ2n) is 5.12. The first-order valence-electron chi connectivity index (χ1n) is 7.47. The van der Waals surface area contributed by atoms with Crippen LogP contribution in [0, 0.1) is 0 Å². The molecule has 0 aliphatic heterocycles. The first kappa shape index (κ1) is 16.4. The maximum Gasteiger partial charge on any atom is 0.274 e. The van der Waals surface area contributed by atoms with Crippen molar-refractivity contribution in [3.63, 3.8) is 0 Å². The van der Waals surface area contributed by atoms with Crippen LogP contribution in [0.3, 0.4) is 0 Å². The van der Waals surface area contributed by atoms with Gasteiger partial charge in [0, 0.05) is 19.1 Å². The van der Waals surface area contributed by atoms with E-state index in [1.807, 2.05) is 25.7 Å². The second kappa shape index (κ2) is 8.51. The lowest BCUT2D eigenvalue weighted by Crippen LogP contribution is -2.38. The van der Waals surface area contributed by atoms with Crippen molar-refractivity contribution in [3.8, 4) is 0 Å². The molecule has 1 N–H and O–H groups in total. The largest absolute Gasteiger partial charge is 0.369 e. The summed E-state index contributed by atoms with van der Waals surface area (Å²) in [5.74, 6) is 0.665. The Morgan fingerprint density at radius 3 is 2.50 bits per heavy atom. The lowest BCUT2D eigenvalue weighted by Gasteiger charge is -2.26. The number of rotatable bonds is 8. The summed E-state index contributed by atoms with van der Waals surface area (Å²) < 4.78 is 0. The minimum atomic E-state index is -0.0355. The van der Waals surface area contributed by atoms with Crippen LogP contribution in [0.4, 0.5) is 5.82 Å². The molecule has 1 amide bonds. The molecule has 1 aromatic heterocycles. The van der Waals surface area contributed by atoms with Crippen molar-refractivity contribution < 1.29 is 4.79 Å². The number of carbonyl (C=O) groups excluding carboxylic acids is 1. The van der Waals surface area contributed by atoms with Crippen molar-refractivity contribution in [1.29, 1.82) is 0 Å². The van der Waals surface area contributed by atoms with Gasteiger partial charge in [0.25, 0.3) is 5.91 Å². The predicted octanol–water partition coefficient (Wildman–Crippen LogP) is 2.95. The zero-order valence-electron chi connectivity index (χ0n) is 13.0. The molecule has 0 unspecified atom stereocenters. The minimum absolute atomic E-state index is 0.0355. The monoisotopic (exact) mass is 278 g/mol. The van der Waals surface area contributed by atoms with Crippen molar-refractivity contribution in [2.75, 3.05) is 18.4 Å². The molecule has 0 saturated carbocycles. The van der Waals surface area contributed by atoms with E-state index in [9.17, 15) is 4.79 Å². The summed E-state index contributed by atoms with van der Waals surface area (Å²) >= 11 is 0. The number of carbonyl (C=O) groups is 1. The Morgan fingerprint density at radius 2 is 2.00 bits per heavy atom. The molecule has 1 rings (SSSR count). The third-order valence-corrected chi connectivity index (χ3v) is 3.12. The summed E-state index contributed by atoms with van der Waals surface area (Å²) in [7, 11) is 0. The van der Waals surface area contributed by atoms with E-state index in [4.69, 9.17) is 0 Å². The molecule has 1 heterocycles. The van der Waals surface area contributed by atoms with Gasteiger partial charge in [-0.3, -0.25) is 4.79 Å². The lowest BCUT2D eigenvalue weighted by atomic mass is 10.2. The van der Waals surface area contributed by atoms with Gasteiger partial charge in [-0.25, -0.2) is 9.97 Å². The van der Waals surface area contributed by atoms with Gasteiger partial charge in [0.2, 0.25) is 0 Å². The number of hydrogen-bond acceptors (Lipinski definition) is 4. The van der Waals surface area contributed by atoms with Gasteiger partial charge in [0.05, 0.1) is 12.4 Å². The average molecular weight is 278 g/mol. The van der Waals surface area contributed by atoms with Crippen LogP contribution < -0.4 is 5.32 Å². The summed E-state index contributed by atoms with van der Waals surface area (Å²) in [5.41, 5.74) is 0.414. The van der Waals surface area contributed by atoms with Gasteiger partial charge in [0.15, 0.2) is 0 Å². The number of anilines is 1. The molecule has 0 radical (unpaired) electrons.